The van der Waals surface area contributed by atoms with Crippen molar-refractivity contribution >= 4 is 121 Å². The molecule has 4 aliphatic rings. The van der Waals surface area contributed by atoms with E-state index in [1.54, 1.807) is 0 Å². The van der Waals surface area contributed by atoms with Gasteiger partial charge in [-0.2, -0.15) is 0 Å². The Morgan fingerprint density at radius 1 is 0.545 bits per heavy atom. The van der Waals surface area contributed by atoms with E-state index < -0.39 is 0 Å². The van der Waals surface area contributed by atoms with Gasteiger partial charge >= 0.3 is 0 Å². The lowest BCUT2D eigenvalue weighted by atomic mass is 9.36. The van der Waals surface area contributed by atoms with Crippen molar-refractivity contribution < 1.29 is 0 Å². The van der Waals surface area contributed by atoms with Crippen molar-refractivity contribution in [1.29, 1.82) is 0 Å². The summed E-state index contributed by atoms with van der Waals surface area (Å²) in [5.74, 6) is 0. The van der Waals surface area contributed by atoms with Crippen molar-refractivity contribution in [2.45, 2.75) is 114 Å². The lowest BCUT2D eigenvalue weighted by molar-refractivity contribution is 0.332. The van der Waals surface area contributed by atoms with Gasteiger partial charge in [0.1, 0.15) is 0 Å². The largest absolute Gasteiger partial charge is 0.310 e. The van der Waals surface area contributed by atoms with Gasteiger partial charge in [-0.1, -0.05) is 141 Å². The van der Waals surface area contributed by atoms with E-state index in [0.29, 0.717) is 0 Å². The quantitative estimate of drug-likeness (QED) is 0.160. The highest BCUT2D eigenvalue weighted by atomic mass is 32.2. The maximum Gasteiger partial charge on any atom is 0.264 e. The van der Waals surface area contributed by atoms with Crippen LogP contribution in [0.15, 0.2) is 137 Å². The molecule has 0 amide bonds. The van der Waals surface area contributed by atoms with Gasteiger partial charge in [-0.15, -0.1) is 22.7 Å². The summed E-state index contributed by atoms with van der Waals surface area (Å²) >= 11 is 5.89. The first kappa shape index (κ1) is 41.0. The molecule has 2 nitrogen and oxygen atoms in total. The van der Waals surface area contributed by atoms with Gasteiger partial charge in [0.2, 0.25) is 0 Å². The van der Waals surface area contributed by atoms with Crippen LogP contribution in [0.3, 0.4) is 0 Å². The van der Waals surface area contributed by atoms with Crippen LogP contribution in [0.4, 0.5) is 34.1 Å². The van der Waals surface area contributed by atoms with Gasteiger partial charge in [0.05, 0.1) is 16.1 Å². The molecule has 326 valence electrons. The minimum absolute atomic E-state index is 0.00968. The summed E-state index contributed by atoms with van der Waals surface area (Å²) in [6.07, 6.45) is 2.38. The number of fused-ring (bicyclic) bond motifs is 12. The van der Waals surface area contributed by atoms with Gasteiger partial charge in [0, 0.05) is 68.3 Å². The van der Waals surface area contributed by atoms with E-state index in [1.807, 2.05) is 34.4 Å². The number of rotatable bonds is 2. The Bertz CT molecular complexity index is 3580. The molecule has 6 heteroatoms. The number of aryl methyl sites for hydroxylation is 1. The second-order valence-electron chi connectivity index (χ2n) is 22.5. The Balaban J connectivity index is 1.16. The molecule has 3 aliphatic heterocycles. The summed E-state index contributed by atoms with van der Waals surface area (Å²) in [6, 6.07) is 50.2. The van der Waals surface area contributed by atoms with Crippen LogP contribution in [0.1, 0.15) is 109 Å². The molecule has 2 aromatic heterocycles. The topological polar surface area (TPSA) is 6.48 Å². The van der Waals surface area contributed by atoms with Crippen LogP contribution in [0.2, 0.25) is 0 Å². The molecule has 9 aromatic rings. The SMILES string of the molecule is Cc1cc2c3c(c1)N(c1cccc4c1sc1ccccc14)c1cc4c(cc1B3c1sc3ccc(C(C)(C)C)cc3c1N2c1ccc2c(c1)C(C)(C)CCC2(C)C)C(C)(C)c1ccccc1S4. The first-order valence-corrected chi connectivity index (χ1v) is 26.3. The third kappa shape index (κ3) is 5.68. The lowest BCUT2D eigenvalue weighted by Gasteiger charge is -2.46. The average Bonchev–Trinajstić information content (AvgIpc) is 3.86. The Morgan fingerprint density at radius 2 is 1.26 bits per heavy atom. The molecular weight excluding hydrogens is 856 g/mol. The molecule has 1 aliphatic carbocycles. The van der Waals surface area contributed by atoms with Crippen LogP contribution in [0.5, 0.6) is 0 Å². The van der Waals surface area contributed by atoms with Crippen LogP contribution >= 0.6 is 34.4 Å². The Hall–Kier alpha value is -5.27. The number of hydrogen-bond acceptors (Lipinski definition) is 5. The van der Waals surface area contributed by atoms with Crippen molar-refractivity contribution in [3.05, 3.63) is 161 Å². The first-order valence-electron chi connectivity index (χ1n) is 23.8. The van der Waals surface area contributed by atoms with E-state index in [-0.39, 0.29) is 28.4 Å². The van der Waals surface area contributed by atoms with E-state index in [0.717, 1.165) is 0 Å². The summed E-state index contributed by atoms with van der Waals surface area (Å²) in [7, 11) is 0. The molecular formula is C60H55BN2S3. The van der Waals surface area contributed by atoms with Crippen LogP contribution in [0, 0.1) is 6.92 Å². The summed E-state index contributed by atoms with van der Waals surface area (Å²) < 4.78 is 5.45. The maximum absolute atomic E-state index is 2.71. The van der Waals surface area contributed by atoms with Gasteiger partial charge in [-0.3, -0.25) is 0 Å². The molecule has 0 N–H and O–H groups in total. The molecule has 5 heterocycles. The van der Waals surface area contributed by atoms with E-state index in [2.05, 4.69) is 206 Å². The fraction of sp³-hybridized carbons (Fsp3) is 0.267. The average molecular weight is 911 g/mol. The van der Waals surface area contributed by atoms with E-state index in [1.165, 1.54) is 136 Å². The highest BCUT2D eigenvalue weighted by Gasteiger charge is 2.48. The van der Waals surface area contributed by atoms with Gasteiger partial charge < -0.3 is 9.80 Å². The molecule has 0 saturated heterocycles. The van der Waals surface area contributed by atoms with E-state index >= 15 is 0 Å². The second-order valence-corrected chi connectivity index (χ2v) is 25.7. The standard InChI is InChI=1S/C60H55BN2S3/c1-34-28-47-53-48(29-34)63(45-19-15-17-38-37-16-11-13-20-49(37)65-55(38)45)46-33-52-43(60(9,10)41-18-12-14-21-51(41)64-52)32-44(46)61(53)56-54(39-30-35(57(2,3)4)22-25-50(39)66-56)62(47)36-23-24-40-42(31-36)59(7,8)27-26-58(40,5)6/h11-25,28-33H,26-27H2,1-10H3. The first-order chi connectivity index (χ1) is 31.5. The Kier molecular flexibility index (Phi) is 8.49. The Morgan fingerprint density at radius 3 is 2.06 bits per heavy atom. The lowest BCUT2D eigenvalue weighted by Crippen LogP contribution is -2.60. The zero-order valence-electron chi connectivity index (χ0n) is 39.7. The van der Waals surface area contributed by atoms with Crippen molar-refractivity contribution in [3.8, 4) is 0 Å². The highest BCUT2D eigenvalue weighted by molar-refractivity contribution is 7.99. The number of nitrogens with zero attached hydrogens (tertiary/aromatic N) is 2. The van der Waals surface area contributed by atoms with E-state index in [9.17, 15) is 0 Å². The van der Waals surface area contributed by atoms with Crippen LogP contribution in [-0.4, -0.2) is 6.71 Å². The summed E-state index contributed by atoms with van der Waals surface area (Å²) in [5.41, 5.74) is 19.0. The smallest absolute Gasteiger partial charge is 0.264 e. The van der Waals surface area contributed by atoms with Gasteiger partial charge in [-0.05, 0) is 141 Å². The monoisotopic (exact) mass is 910 g/mol. The highest BCUT2D eigenvalue weighted by Crippen LogP contribution is 2.56. The Labute approximate surface area is 402 Å². The molecule has 0 atom stereocenters. The summed E-state index contributed by atoms with van der Waals surface area (Å²) in [5, 5.41) is 4.01. The van der Waals surface area contributed by atoms with Crippen molar-refractivity contribution in [2.75, 3.05) is 9.80 Å². The molecule has 0 fully saturated rings. The molecule has 0 spiro atoms. The molecule has 7 aromatic carbocycles. The van der Waals surface area contributed by atoms with Crippen LogP contribution in [-0.2, 0) is 21.7 Å². The van der Waals surface area contributed by atoms with Crippen LogP contribution in [0.25, 0.3) is 30.3 Å². The molecule has 0 bridgehead atoms. The molecule has 13 rings (SSSR count). The normalized spacial score (nSPS) is 17.3. The molecule has 0 saturated carbocycles. The summed E-state index contributed by atoms with van der Waals surface area (Å²) in [4.78, 5) is 8.09. The number of anilines is 6. The third-order valence-corrected chi connectivity index (χ3v) is 19.5. The van der Waals surface area contributed by atoms with Crippen molar-refractivity contribution in [2.24, 2.45) is 0 Å². The third-order valence-electron chi connectivity index (χ3n) is 15.9. The van der Waals surface area contributed by atoms with Crippen LogP contribution < -0.4 is 25.5 Å². The van der Waals surface area contributed by atoms with Crippen molar-refractivity contribution in [1.82, 2.24) is 0 Å². The maximum atomic E-state index is 2.71. The zero-order valence-corrected chi connectivity index (χ0v) is 42.2. The predicted octanol–water partition coefficient (Wildman–Crippen LogP) is 16.1. The predicted molar refractivity (Wildman–Crippen MR) is 290 cm³/mol. The minimum Gasteiger partial charge on any atom is -0.310 e. The summed E-state index contributed by atoms with van der Waals surface area (Å²) in [6.45, 7) is 24.1. The number of benzene rings is 7. The number of hydrogen-bond donors (Lipinski definition) is 0. The van der Waals surface area contributed by atoms with Gasteiger partial charge in [0.15, 0.2) is 0 Å². The minimum atomic E-state index is -0.173. The number of thiophene rings is 2. The van der Waals surface area contributed by atoms with Crippen molar-refractivity contribution in [3.63, 3.8) is 0 Å². The molecule has 66 heavy (non-hydrogen) atoms. The second kappa shape index (κ2) is 13.7. The zero-order chi connectivity index (χ0) is 45.4. The van der Waals surface area contributed by atoms with Gasteiger partial charge in [0.25, 0.3) is 6.71 Å². The van der Waals surface area contributed by atoms with E-state index in [4.69, 9.17) is 0 Å². The fourth-order valence-electron chi connectivity index (χ4n) is 12.2. The van der Waals surface area contributed by atoms with Gasteiger partial charge in [-0.25, -0.2) is 0 Å². The molecule has 0 unspecified atom stereocenters. The molecule has 0 radical (unpaired) electrons. The fourth-order valence-corrected chi connectivity index (χ4v) is 16.1.